The van der Waals surface area contributed by atoms with Gasteiger partial charge in [-0.1, -0.05) is 0 Å². The number of aliphatic hydroxyl groups is 1. The van der Waals surface area contributed by atoms with Crippen LogP contribution >= 0.6 is 0 Å². The number of ether oxygens (including phenoxy) is 2. The summed E-state index contributed by atoms with van der Waals surface area (Å²) >= 11 is 0. The highest BCUT2D eigenvalue weighted by molar-refractivity contribution is 5.10. The molecule has 1 aliphatic heterocycles. The lowest BCUT2D eigenvalue weighted by molar-refractivity contribution is 0.0590. The summed E-state index contributed by atoms with van der Waals surface area (Å²) in [5, 5.41) is 9.09. The lowest BCUT2D eigenvalue weighted by Gasteiger charge is -2.14. The molecule has 2 heterocycles. The number of H-pyrrole nitrogens is 1. The number of methoxy groups -OCH3 is 1. The minimum Gasteiger partial charge on any atom is -0.497 e. The van der Waals surface area contributed by atoms with E-state index in [1.54, 1.807) is 6.92 Å². The van der Waals surface area contributed by atoms with Crippen molar-refractivity contribution >= 4 is 0 Å². The number of nitrogens with zero attached hydrogens (tertiary/aromatic N) is 1. The van der Waals surface area contributed by atoms with Crippen molar-refractivity contribution in [2.24, 2.45) is 0 Å². The highest BCUT2D eigenvalue weighted by Gasteiger charge is 2.28. The van der Waals surface area contributed by atoms with Crippen LogP contribution in [0.25, 0.3) is 0 Å². The van der Waals surface area contributed by atoms with E-state index in [-0.39, 0.29) is 6.61 Å². The van der Waals surface area contributed by atoms with Gasteiger partial charge in [-0.3, -0.25) is 14.3 Å². The molecular formula is C11H14N2O5. The summed E-state index contributed by atoms with van der Waals surface area (Å²) in [6.45, 7) is 1.30. The molecule has 1 aromatic rings. The van der Waals surface area contributed by atoms with Crippen molar-refractivity contribution in [3.05, 3.63) is 44.1 Å². The molecule has 0 saturated carbocycles. The number of nitrogens with one attached hydrogen (secondary N) is 1. The van der Waals surface area contributed by atoms with Crippen LogP contribution in [-0.4, -0.2) is 28.4 Å². The average molecular weight is 254 g/mol. The van der Waals surface area contributed by atoms with E-state index in [0.717, 1.165) is 0 Å². The number of aliphatic hydroxyl groups excluding tert-OH is 1. The number of rotatable bonds is 3. The van der Waals surface area contributed by atoms with E-state index in [1.165, 1.54) is 17.9 Å². The average Bonchev–Trinajstić information content (AvgIpc) is 2.76. The van der Waals surface area contributed by atoms with E-state index in [2.05, 4.69) is 4.98 Å². The van der Waals surface area contributed by atoms with Crippen molar-refractivity contribution in [3.8, 4) is 0 Å². The zero-order chi connectivity index (χ0) is 13.3. The zero-order valence-electron chi connectivity index (χ0n) is 10.1. The number of hydrogen-bond donors (Lipinski definition) is 2. The van der Waals surface area contributed by atoms with Crippen LogP contribution in [0, 0.1) is 6.92 Å². The standard InChI is InChI=1S/C11H14N2O5/c1-6-4-13(11(16)12-10(6)15)9-3-7(17-2)8(5-14)18-9/h4,9,14H,3,5H2,1-2H3,(H,12,15,16)/t9-/m1/s1. The molecule has 7 nitrogen and oxygen atoms in total. The maximum absolute atomic E-state index is 11.7. The molecule has 0 amide bonds. The maximum atomic E-state index is 11.7. The van der Waals surface area contributed by atoms with Crippen LogP contribution in [0.1, 0.15) is 18.2 Å². The molecule has 98 valence electrons. The third-order valence-corrected chi connectivity index (χ3v) is 2.80. The van der Waals surface area contributed by atoms with E-state index in [4.69, 9.17) is 14.6 Å². The van der Waals surface area contributed by atoms with Gasteiger partial charge >= 0.3 is 5.69 Å². The molecule has 18 heavy (non-hydrogen) atoms. The number of hydrogen-bond acceptors (Lipinski definition) is 5. The summed E-state index contributed by atoms with van der Waals surface area (Å²) in [4.78, 5) is 25.1. The summed E-state index contributed by atoms with van der Waals surface area (Å²) in [6.07, 6.45) is 1.15. The monoisotopic (exact) mass is 254 g/mol. The molecule has 0 bridgehead atoms. The molecule has 7 heteroatoms. The second-order valence-electron chi connectivity index (χ2n) is 3.96. The molecule has 0 radical (unpaired) electrons. The molecule has 0 fully saturated rings. The molecule has 1 aliphatic rings. The van der Waals surface area contributed by atoms with Crippen molar-refractivity contribution in [1.29, 1.82) is 0 Å². The Morgan fingerprint density at radius 2 is 2.33 bits per heavy atom. The van der Waals surface area contributed by atoms with Gasteiger partial charge in [-0.2, -0.15) is 0 Å². The van der Waals surface area contributed by atoms with Gasteiger partial charge in [-0.05, 0) is 6.92 Å². The highest BCUT2D eigenvalue weighted by atomic mass is 16.5. The Morgan fingerprint density at radius 1 is 1.61 bits per heavy atom. The molecule has 1 atom stereocenters. The summed E-state index contributed by atoms with van der Waals surface area (Å²) in [6, 6.07) is 0. The lowest BCUT2D eigenvalue weighted by Crippen LogP contribution is -2.33. The minimum atomic E-state index is -0.606. The Labute approximate surface area is 102 Å². The third-order valence-electron chi connectivity index (χ3n) is 2.80. The minimum absolute atomic E-state index is 0.295. The van der Waals surface area contributed by atoms with E-state index in [0.29, 0.717) is 23.5 Å². The normalized spacial score (nSPS) is 18.9. The van der Waals surface area contributed by atoms with E-state index in [9.17, 15) is 9.59 Å². The second kappa shape index (κ2) is 4.69. The molecule has 1 aromatic heterocycles. The van der Waals surface area contributed by atoms with Gasteiger partial charge in [0.25, 0.3) is 5.56 Å². The molecule has 0 saturated heterocycles. The fourth-order valence-corrected chi connectivity index (χ4v) is 1.82. The van der Waals surface area contributed by atoms with Gasteiger partial charge < -0.3 is 14.6 Å². The summed E-state index contributed by atoms with van der Waals surface area (Å²) in [5.41, 5.74) is -0.559. The van der Waals surface area contributed by atoms with Gasteiger partial charge in [-0.25, -0.2) is 4.79 Å². The molecule has 0 spiro atoms. The Hall–Kier alpha value is -2.02. The molecule has 2 N–H and O–H groups in total. The Morgan fingerprint density at radius 3 is 2.89 bits per heavy atom. The predicted molar refractivity (Wildman–Crippen MR) is 61.9 cm³/mol. The Kier molecular flexibility index (Phi) is 3.24. The topological polar surface area (TPSA) is 93.5 Å². The van der Waals surface area contributed by atoms with E-state index in [1.807, 2.05) is 0 Å². The van der Waals surface area contributed by atoms with Crippen molar-refractivity contribution in [1.82, 2.24) is 9.55 Å². The van der Waals surface area contributed by atoms with Crippen molar-refractivity contribution in [2.75, 3.05) is 13.7 Å². The second-order valence-corrected chi connectivity index (χ2v) is 3.96. The van der Waals surface area contributed by atoms with Crippen LogP contribution in [0.3, 0.4) is 0 Å². The quantitative estimate of drug-likeness (QED) is 0.766. The first-order valence-electron chi connectivity index (χ1n) is 5.42. The fourth-order valence-electron chi connectivity index (χ4n) is 1.82. The molecule has 0 aliphatic carbocycles. The molecule has 2 rings (SSSR count). The van der Waals surface area contributed by atoms with Crippen LogP contribution in [0.15, 0.2) is 27.3 Å². The first kappa shape index (κ1) is 12.4. The lowest BCUT2D eigenvalue weighted by atomic mass is 10.3. The zero-order valence-corrected chi connectivity index (χ0v) is 10.1. The first-order chi connectivity index (χ1) is 8.56. The first-order valence-corrected chi connectivity index (χ1v) is 5.42. The number of aryl methyl sites for hydroxylation is 1. The summed E-state index contributed by atoms with van der Waals surface area (Å²) in [7, 11) is 1.47. The SMILES string of the molecule is COC1=C(CO)O[C@@H](n2cc(C)c(=O)[nH]c2=O)C1. The van der Waals surface area contributed by atoms with Crippen molar-refractivity contribution < 1.29 is 14.6 Å². The summed E-state index contributed by atoms with van der Waals surface area (Å²) in [5.74, 6) is 0.802. The van der Waals surface area contributed by atoms with Gasteiger partial charge in [0.15, 0.2) is 12.0 Å². The van der Waals surface area contributed by atoms with Gasteiger partial charge in [0.2, 0.25) is 0 Å². The highest BCUT2D eigenvalue weighted by Crippen LogP contribution is 2.31. The largest absolute Gasteiger partial charge is 0.497 e. The summed E-state index contributed by atoms with van der Waals surface area (Å²) < 4.78 is 11.8. The van der Waals surface area contributed by atoms with Crippen LogP contribution in [-0.2, 0) is 9.47 Å². The van der Waals surface area contributed by atoms with Gasteiger partial charge in [0.1, 0.15) is 12.4 Å². The predicted octanol–water partition coefficient (Wildman–Crippen LogP) is -0.386. The van der Waals surface area contributed by atoms with E-state index >= 15 is 0 Å². The molecule has 0 unspecified atom stereocenters. The molecule has 0 aromatic carbocycles. The number of aromatic nitrogens is 2. The van der Waals surface area contributed by atoms with Crippen LogP contribution < -0.4 is 11.2 Å². The smallest absolute Gasteiger partial charge is 0.331 e. The van der Waals surface area contributed by atoms with Gasteiger partial charge in [0, 0.05) is 11.8 Å². The van der Waals surface area contributed by atoms with Crippen LogP contribution in [0.4, 0.5) is 0 Å². The maximum Gasteiger partial charge on any atom is 0.331 e. The van der Waals surface area contributed by atoms with Gasteiger partial charge in [-0.15, -0.1) is 0 Å². The number of aromatic amines is 1. The van der Waals surface area contributed by atoms with Crippen molar-refractivity contribution in [3.63, 3.8) is 0 Å². The van der Waals surface area contributed by atoms with Crippen molar-refractivity contribution in [2.45, 2.75) is 19.6 Å². The van der Waals surface area contributed by atoms with Crippen LogP contribution in [0.5, 0.6) is 0 Å². The van der Waals surface area contributed by atoms with Gasteiger partial charge in [0.05, 0.1) is 13.5 Å². The van der Waals surface area contributed by atoms with Crippen LogP contribution in [0.2, 0.25) is 0 Å². The Bertz CT molecular complexity index is 582. The van der Waals surface area contributed by atoms with E-state index < -0.39 is 17.5 Å². The molecular weight excluding hydrogens is 240 g/mol. The third kappa shape index (κ3) is 2.04. The Balaban J connectivity index is 2.34. The fraction of sp³-hybridized carbons (Fsp3) is 0.455.